The van der Waals surface area contributed by atoms with Crippen molar-refractivity contribution in [2.24, 2.45) is 0 Å². The minimum Gasteiger partial charge on any atom is -0.487 e. The summed E-state index contributed by atoms with van der Waals surface area (Å²) in [4.78, 5) is 24.3. The fourth-order valence-electron chi connectivity index (χ4n) is 1.81. The fraction of sp³-hybridized carbons (Fsp3) is 0.294. The normalized spacial score (nSPS) is 10.5. The SMILES string of the molecule is C=C(OCC)C(=O)O[Si](C)(OC(=O)C(=C)OCC)c1ccccc1. The summed E-state index contributed by atoms with van der Waals surface area (Å²) in [5.74, 6) is -1.84. The van der Waals surface area contributed by atoms with Gasteiger partial charge in [-0.3, -0.25) is 0 Å². The number of benzene rings is 1. The summed E-state index contributed by atoms with van der Waals surface area (Å²) in [6.07, 6.45) is 0. The Balaban J connectivity index is 3.04. The second-order valence-corrected chi connectivity index (χ2v) is 7.68. The highest BCUT2D eigenvalue weighted by Gasteiger charge is 2.43. The molecule has 0 unspecified atom stereocenters. The van der Waals surface area contributed by atoms with Crippen LogP contribution in [0.4, 0.5) is 0 Å². The second-order valence-electron chi connectivity index (χ2n) is 4.80. The van der Waals surface area contributed by atoms with Gasteiger partial charge in [-0.2, -0.15) is 0 Å². The van der Waals surface area contributed by atoms with Gasteiger partial charge in [0.05, 0.1) is 13.2 Å². The third-order valence-electron chi connectivity index (χ3n) is 2.97. The zero-order valence-corrected chi connectivity index (χ0v) is 15.2. The van der Waals surface area contributed by atoms with Gasteiger partial charge in [0.15, 0.2) is 11.5 Å². The monoisotopic (exact) mass is 350 g/mol. The van der Waals surface area contributed by atoms with Crippen molar-refractivity contribution < 1.29 is 27.9 Å². The molecule has 0 radical (unpaired) electrons. The van der Waals surface area contributed by atoms with Crippen LogP contribution in [0.3, 0.4) is 0 Å². The van der Waals surface area contributed by atoms with Gasteiger partial charge in [0.1, 0.15) is 0 Å². The number of hydrogen-bond acceptors (Lipinski definition) is 6. The van der Waals surface area contributed by atoms with Crippen LogP contribution in [0, 0.1) is 0 Å². The van der Waals surface area contributed by atoms with E-state index < -0.39 is 20.5 Å². The summed E-state index contributed by atoms with van der Waals surface area (Å²) in [5.41, 5.74) is 0. The molecule has 24 heavy (non-hydrogen) atoms. The number of carbonyl (C=O) groups is 2. The molecule has 0 saturated heterocycles. The van der Waals surface area contributed by atoms with E-state index in [1.54, 1.807) is 50.7 Å². The Labute approximate surface area is 142 Å². The molecule has 0 N–H and O–H groups in total. The molecule has 130 valence electrons. The molecule has 0 fully saturated rings. The zero-order chi connectivity index (χ0) is 18.2. The second kappa shape index (κ2) is 8.93. The Morgan fingerprint density at radius 3 is 1.71 bits per heavy atom. The van der Waals surface area contributed by atoms with Gasteiger partial charge in [-0.25, -0.2) is 9.59 Å². The standard InChI is InChI=1S/C17H22O6Si/c1-6-20-13(3)16(18)22-24(5,15-11-9-8-10-12-15)23-17(19)14(4)21-7-2/h8-12H,3-4,6-7H2,1-2,5H3. The van der Waals surface area contributed by atoms with E-state index in [-0.39, 0.29) is 24.7 Å². The molecule has 0 heterocycles. The molecule has 0 aromatic heterocycles. The van der Waals surface area contributed by atoms with E-state index in [2.05, 4.69) is 13.2 Å². The predicted molar refractivity (Wildman–Crippen MR) is 91.4 cm³/mol. The molecule has 1 aromatic rings. The third-order valence-corrected chi connectivity index (χ3v) is 5.50. The summed E-state index contributed by atoms with van der Waals surface area (Å²) >= 11 is 0. The third kappa shape index (κ3) is 5.27. The maximum Gasteiger partial charge on any atom is 0.496 e. The van der Waals surface area contributed by atoms with Crippen molar-refractivity contribution in [2.75, 3.05) is 13.2 Å². The summed E-state index contributed by atoms with van der Waals surface area (Å²) in [6.45, 7) is 12.6. The first-order valence-corrected chi connectivity index (χ1v) is 9.81. The molecule has 0 amide bonds. The summed E-state index contributed by atoms with van der Waals surface area (Å²) < 4.78 is 21.0. The van der Waals surface area contributed by atoms with E-state index in [0.29, 0.717) is 5.19 Å². The van der Waals surface area contributed by atoms with Crippen LogP contribution in [0.2, 0.25) is 6.55 Å². The van der Waals surface area contributed by atoms with Gasteiger partial charge in [-0.1, -0.05) is 30.3 Å². The van der Waals surface area contributed by atoms with Crippen molar-refractivity contribution in [3.05, 3.63) is 55.0 Å². The average Bonchev–Trinajstić information content (AvgIpc) is 2.55. The number of carbonyl (C=O) groups excluding carboxylic acids is 2. The van der Waals surface area contributed by atoms with Gasteiger partial charge in [0, 0.05) is 11.7 Å². The summed E-state index contributed by atoms with van der Waals surface area (Å²) in [5, 5.41) is 0.597. The number of ether oxygens (including phenoxy) is 2. The number of rotatable bonds is 9. The maximum absolute atomic E-state index is 12.1. The molecule has 6 nitrogen and oxygen atoms in total. The van der Waals surface area contributed by atoms with Gasteiger partial charge in [0.25, 0.3) is 0 Å². The van der Waals surface area contributed by atoms with Crippen LogP contribution < -0.4 is 5.19 Å². The first-order valence-electron chi connectivity index (χ1n) is 7.49. The Kier molecular flexibility index (Phi) is 7.25. The number of hydrogen-bond donors (Lipinski definition) is 0. The molecule has 0 aliphatic carbocycles. The van der Waals surface area contributed by atoms with Crippen LogP contribution in [-0.4, -0.2) is 33.7 Å². The molecule has 7 heteroatoms. The largest absolute Gasteiger partial charge is 0.496 e. The van der Waals surface area contributed by atoms with Gasteiger partial charge in [0.2, 0.25) is 0 Å². The lowest BCUT2D eigenvalue weighted by molar-refractivity contribution is -0.140. The van der Waals surface area contributed by atoms with Gasteiger partial charge < -0.3 is 18.3 Å². The topological polar surface area (TPSA) is 71.1 Å². The lowest BCUT2D eigenvalue weighted by atomic mass is 10.4. The van der Waals surface area contributed by atoms with E-state index >= 15 is 0 Å². The van der Waals surface area contributed by atoms with Crippen LogP contribution in [0.5, 0.6) is 0 Å². The van der Waals surface area contributed by atoms with Crippen LogP contribution in [0.1, 0.15) is 13.8 Å². The molecule has 0 spiro atoms. The highest BCUT2D eigenvalue weighted by atomic mass is 28.4. The van der Waals surface area contributed by atoms with Crippen LogP contribution in [0.25, 0.3) is 0 Å². The van der Waals surface area contributed by atoms with Crippen LogP contribution in [-0.2, 0) is 27.9 Å². The molecule has 0 bridgehead atoms. The predicted octanol–water partition coefficient (Wildman–Crippen LogP) is 2.15. The highest BCUT2D eigenvalue weighted by Crippen LogP contribution is 2.14. The van der Waals surface area contributed by atoms with E-state index in [1.807, 2.05) is 0 Å². The smallest absolute Gasteiger partial charge is 0.487 e. The van der Waals surface area contributed by atoms with Gasteiger partial charge in [-0.05, 0) is 27.0 Å². The molecule has 1 rings (SSSR count). The van der Waals surface area contributed by atoms with E-state index in [0.717, 1.165) is 0 Å². The quantitative estimate of drug-likeness (QED) is 0.386. The minimum absolute atomic E-state index is 0.146. The van der Waals surface area contributed by atoms with Crippen LogP contribution >= 0.6 is 0 Å². The van der Waals surface area contributed by atoms with Crippen molar-refractivity contribution >= 4 is 25.7 Å². The molecular weight excluding hydrogens is 328 g/mol. The van der Waals surface area contributed by atoms with E-state index in [1.165, 1.54) is 0 Å². The van der Waals surface area contributed by atoms with E-state index in [4.69, 9.17) is 18.3 Å². The fourth-order valence-corrected chi connectivity index (χ4v) is 3.82. The maximum atomic E-state index is 12.1. The Morgan fingerprint density at radius 2 is 1.33 bits per heavy atom. The Bertz CT molecular complexity index is 579. The zero-order valence-electron chi connectivity index (χ0n) is 14.2. The summed E-state index contributed by atoms with van der Waals surface area (Å²) in [6, 6.07) is 8.77. The lowest BCUT2D eigenvalue weighted by Gasteiger charge is -2.26. The molecule has 0 saturated carbocycles. The van der Waals surface area contributed by atoms with Crippen molar-refractivity contribution in [1.29, 1.82) is 0 Å². The Morgan fingerprint density at radius 1 is 0.917 bits per heavy atom. The van der Waals surface area contributed by atoms with E-state index in [9.17, 15) is 9.59 Å². The highest BCUT2D eigenvalue weighted by molar-refractivity contribution is 6.82. The minimum atomic E-state index is -3.42. The molecule has 0 atom stereocenters. The van der Waals surface area contributed by atoms with Gasteiger partial charge in [-0.15, -0.1) is 0 Å². The first kappa shape index (κ1) is 19.5. The van der Waals surface area contributed by atoms with Gasteiger partial charge >= 0.3 is 20.5 Å². The Hall–Kier alpha value is -2.54. The first-order chi connectivity index (χ1) is 11.3. The molecule has 0 aliphatic heterocycles. The molecular formula is C17H22O6Si. The van der Waals surface area contributed by atoms with Crippen molar-refractivity contribution in [3.63, 3.8) is 0 Å². The van der Waals surface area contributed by atoms with Crippen molar-refractivity contribution in [1.82, 2.24) is 0 Å². The van der Waals surface area contributed by atoms with Crippen LogP contribution in [0.15, 0.2) is 55.0 Å². The molecule has 0 aliphatic rings. The molecule has 1 aromatic carbocycles. The lowest BCUT2D eigenvalue weighted by Crippen LogP contribution is -2.54. The van der Waals surface area contributed by atoms with Crippen molar-refractivity contribution in [3.8, 4) is 0 Å². The van der Waals surface area contributed by atoms with Crippen molar-refractivity contribution in [2.45, 2.75) is 20.4 Å². The summed E-state index contributed by atoms with van der Waals surface area (Å²) in [7, 11) is -3.42. The average molecular weight is 350 g/mol.